The minimum Gasteiger partial charge on any atom is -0.328 e. The van der Waals surface area contributed by atoms with Crippen LogP contribution in [0.15, 0.2) is 17.5 Å². The van der Waals surface area contributed by atoms with Gasteiger partial charge in [0.15, 0.2) is 0 Å². The highest BCUT2D eigenvalue weighted by molar-refractivity contribution is 7.09. The summed E-state index contributed by atoms with van der Waals surface area (Å²) in [6, 6.07) is 3.90. The summed E-state index contributed by atoms with van der Waals surface area (Å²) in [6.45, 7) is 3.85. The highest BCUT2D eigenvalue weighted by atomic mass is 32.1. The Balaban J connectivity index is 2.69. The van der Waals surface area contributed by atoms with Crippen molar-refractivity contribution in [2.75, 3.05) is 6.54 Å². The second kappa shape index (κ2) is 4.20. The lowest BCUT2D eigenvalue weighted by Crippen LogP contribution is -2.40. The predicted molar refractivity (Wildman–Crippen MR) is 55.8 cm³/mol. The molecule has 1 atom stereocenters. The van der Waals surface area contributed by atoms with Crippen LogP contribution >= 0.6 is 11.3 Å². The van der Waals surface area contributed by atoms with Crippen molar-refractivity contribution in [1.29, 1.82) is 0 Å². The van der Waals surface area contributed by atoms with Gasteiger partial charge in [-0.25, -0.2) is 4.39 Å². The minimum atomic E-state index is -1.25. The molecule has 0 aliphatic rings. The van der Waals surface area contributed by atoms with Gasteiger partial charge in [0.25, 0.3) is 0 Å². The smallest absolute Gasteiger partial charge is 0.130 e. The van der Waals surface area contributed by atoms with E-state index in [9.17, 15) is 4.39 Å². The SMILES string of the molecule is CC(C)C(F)(CN)Cc1cccs1. The molecule has 0 saturated carbocycles. The Kier molecular flexibility index (Phi) is 3.45. The third-order valence-electron chi connectivity index (χ3n) is 2.42. The van der Waals surface area contributed by atoms with Crippen LogP contribution in [0.1, 0.15) is 18.7 Å². The van der Waals surface area contributed by atoms with E-state index in [1.165, 1.54) is 0 Å². The van der Waals surface area contributed by atoms with E-state index in [0.717, 1.165) is 4.88 Å². The zero-order valence-electron chi connectivity index (χ0n) is 8.09. The van der Waals surface area contributed by atoms with Crippen LogP contribution in [0.25, 0.3) is 0 Å². The van der Waals surface area contributed by atoms with Crippen molar-refractivity contribution in [2.45, 2.75) is 25.9 Å². The molecule has 74 valence electrons. The quantitative estimate of drug-likeness (QED) is 0.796. The normalized spacial score (nSPS) is 16.1. The molecular formula is C10H16FNS. The van der Waals surface area contributed by atoms with Crippen LogP contribution in [0.2, 0.25) is 0 Å². The Morgan fingerprint density at radius 3 is 2.69 bits per heavy atom. The van der Waals surface area contributed by atoms with Gasteiger partial charge in [0.1, 0.15) is 5.67 Å². The molecule has 1 aromatic rings. The molecule has 13 heavy (non-hydrogen) atoms. The van der Waals surface area contributed by atoms with Crippen molar-refractivity contribution in [3.8, 4) is 0 Å². The van der Waals surface area contributed by atoms with E-state index < -0.39 is 5.67 Å². The van der Waals surface area contributed by atoms with Gasteiger partial charge in [0.2, 0.25) is 0 Å². The number of nitrogens with two attached hydrogens (primary N) is 1. The number of alkyl halides is 1. The lowest BCUT2D eigenvalue weighted by atomic mass is 9.88. The standard InChI is InChI=1S/C10H16FNS/c1-8(2)10(11,7-12)6-9-4-3-5-13-9/h3-5,8H,6-7,12H2,1-2H3. The molecule has 0 amide bonds. The van der Waals surface area contributed by atoms with Crippen LogP contribution in [0.5, 0.6) is 0 Å². The maximum absolute atomic E-state index is 14.1. The van der Waals surface area contributed by atoms with Crippen LogP contribution in [-0.4, -0.2) is 12.2 Å². The number of thiophene rings is 1. The number of halogens is 1. The molecular weight excluding hydrogens is 185 g/mol. The van der Waals surface area contributed by atoms with Crippen molar-refractivity contribution >= 4 is 11.3 Å². The van der Waals surface area contributed by atoms with Crippen LogP contribution < -0.4 is 5.73 Å². The van der Waals surface area contributed by atoms with Gasteiger partial charge in [0, 0.05) is 17.8 Å². The molecule has 0 aromatic carbocycles. The van der Waals surface area contributed by atoms with Crippen LogP contribution in [-0.2, 0) is 6.42 Å². The molecule has 0 aliphatic carbocycles. The van der Waals surface area contributed by atoms with E-state index in [-0.39, 0.29) is 12.5 Å². The Hall–Kier alpha value is -0.410. The lowest BCUT2D eigenvalue weighted by Gasteiger charge is -2.27. The maximum Gasteiger partial charge on any atom is 0.130 e. The van der Waals surface area contributed by atoms with E-state index in [4.69, 9.17) is 5.73 Å². The first kappa shape index (κ1) is 10.7. The zero-order valence-corrected chi connectivity index (χ0v) is 8.90. The summed E-state index contributed by atoms with van der Waals surface area (Å²) >= 11 is 1.59. The van der Waals surface area contributed by atoms with Gasteiger partial charge in [-0.05, 0) is 17.4 Å². The molecule has 0 aliphatic heterocycles. The predicted octanol–water partition coefficient (Wildman–Crippen LogP) is 2.61. The molecule has 0 fully saturated rings. The van der Waals surface area contributed by atoms with Crippen molar-refractivity contribution in [1.82, 2.24) is 0 Å². The average Bonchev–Trinajstić information content (AvgIpc) is 2.56. The third-order valence-corrected chi connectivity index (χ3v) is 3.30. The Morgan fingerprint density at radius 1 is 1.62 bits per heavy atom. The molecule has 0 bridgehead atoms. The molecule has 1 rings (SSSR count). The molecule has 0 spiro atoms. The molecule has 1 aromatic heterocycles. The van der Waals surface area contributed by atoms with Crippen LogP contribution in [0.4, 0.5) is 4.39 Å². The number of hydrogen-bond donors (Lipinski definition) is 1. The summed E-state index contributed by atoms with van der Waals surface area (Å²) in [7, 11) is 0. The summed E-state index contributed by atoms with van der Waals surface area (Å²) in [6.07, 6.45) is 0.443. The first-order valence-electron chi connectivity index (χ1n) is 4.50. The first-order chi connectivity index (χ1) is 6.08. The third kappa shape index (κ3) is 2.51. The van der Waals surface area contributed by atoms with E-state index in [0.29, 0.717) is 6.42 Å². The van der Waals surface area contributed by atoms with Crippen molar-refractivity contribution in [2.24, 2.45) is 11.7 Å². The molecule has 3 heteroatoms. The molecule has 1 heterocycles. The van der Waals surface area contributed by atoms with E-state index in [1.807, 2.05) is 31.4 Å². The van der Waals surface area contributed by atoms with Gasteiger partial charge >= 0.3 is 0 Å². The zero-order chi connectivity index (χ0) is 9.90. The van der Waals surface area contributed by atoms with Crippen LogP contribution in [0.3, 0.4) is 0 Å². The second-order valence-corrected chi connectivity index (χ2v) is 4.68. The minimum absolute atomic E-state index is 0.0281. The van der Waals surface area contributed by atoms with E-state index in [1.54, 1.807) is 11.3 Å². The van der Waals surface area contributed by atoms with Crippen molar-refractivity contribution in [3.63, 3.8) is 0 Å². The summed E-state index contributed by atoms with van der Waals surface area (Å²) in [5.74, 6) is -0.0281. The van der Waals surface area contributed by atoms with E-state index >= 15 is 0 Å². The van der Waals surface area contributed by atoms with Gasteiger partial charge < -0.3 is 5.73 Å². The summed E-state index contributed by atoms with van der Waals surface area (Å²) in [5.41, 5.74) is 4.21. The van der Waals surface area contributed by atoms with Gasteiger partial charge in [-0.1, -0.05) is 19.9 Å². The number of hydrogen-bond acceptors (Lipinski definition) is 2. The van der Waals surface area contributed by atoms with Crippen LogP contribution in [0, 0.1) is 5.92 Å². The molecule has 0 saturated heterocycles. The Labute approximate surface area is 82.8 Å². The summed E-state index contributed by atoms with van der Waals surface area (Å²) in [4.78, 5) is 1.07. The average molecular weight is 201 g/mol. The topological polar surface area (TPSA) is 26.0 Å². The molecule has 2 N–H and O–H groups in total. The monoisotopic (exact) mass is 201 g/mol. The van der Waals surface area contributed by atoms with Gasteiger partial charge in [0.05, 0.1) is 0 Å². The van der Waals surface area contributed by atoms with Crippen molar-refractivity contribution < 1.29 is 4.39 Å². The van der Waals surface area contributed by atoms with Gasteiger partial charge in [-0.2, -0.15) is 0 Å². The second-order valence-electron chi connectivity index (χ2n) is 3.65. The fraction of sp³-hybridized carbons (Fsp3) is 0.600. The fourth-order valence-corrected chi connectivity index (χ4v) is 2.03. The largest absolute Gasteiger partial charge is 0.328 e. The first-order valence-corrected chi connectivity index (χ1v) is 5.38. The Bertz CT molecular complexity index is 245. The fourth-order valence-electron chi connectivity index (χ4n) is 1.21. The molecule has 0 radical (unpaired) electrons. The van der Waals surface area contributed by atoms with Gasteiger partial charge in [-0.15, -0.1) is 11.3 Å². The summed E-state index contributed by atoms with van der Waals surface area (Å²) < 4.78 is 14.1. The van der Waals surface area contributed by atoms with Gasteiger partial charge in [-0.3, -0.25) is 0 Å². The highest BCUT2D eigenvalue weighted by Gasteiger charge is 2.32. The van der Waals surface area contributed by atoms with Crippen molar-refractivity contribution in [3.05, 3.63) is 22.4 Å². The summed E-state index contributed by atoms with van der Waals surface area (Å²) in [5, 5.41) is 1.96. The maximum atomic E-state index is 14.1. The number of rotatable bonds is 4. The lowest BCUT2D eigenvalue weighted by molar-refractivity contribution is 0.111. The Morgan fingerprint density at radius 2 is 2.31 bits per heavy atom. The molecule has 1 unspecified atom stereocenters. The molecule has 1 nitrogen and oxygen atoms in total. The highest BCUT2D eigenvalue weighted by Crippen LogP contribution is 2.27. The van der Waals surface area contributed by atoms with E-state index in [2.05, 4.69) is 0 Å².